The van der Waals surface area contributed by atoms with Gasteiger partial charge in [0.2, 0.25) is 11.9 Å². The number of amides is 1. The van der Waals surface area contributed by atoms with Crippen LogP contribution in [-0.4, -0.2) is 40.2 Å². The normalized spacial score (nSPS) is 15.2. The van der Waals surface area contributed by atoms with Crippen molar-refractivity contribution in [2.45, 2.75) is 32.0 Å². The number of nitrogens with zero attached hydrogens (tertiary/aromatic N) is 3. The molecule has 1 amide bonds. The minimum atomic E-state index is -4.34. The van der Waals surface area contributed by atoms with Gasteiger partial charge in [-0.3, -0.25) is 4.79 Å². The lowest BCUT2D eigenvalue weighted by molar-refractivity contribution is -0.132. The number of benzene rings is 1. The average molecular weight is 463 g/mol. The van der Waals surface area contributed by atoms with Crippen LogP contribution in [0.2, 0.25) is 0 Å². The van der Waals surface area contributed by atoms with Crippen LogP contribution >= 0.6 is 11.3 Å². The first-order valence-electron chi connectivity index (χ1n) is 9.72. The van der Waals surface area contributed by atoms with Gasteiger partial charge in [0.1, 0.15) is 10.5 Å². The Kier molecular flexibility index (Phi) is 5.87. The summed E-state index contributed by atoms with van der Waals surface area (Å²) in [5, 5.41) is 6.67. The molecule has 1 fully saturated rings. The van der Waals surface area contributed by atoms with Gasteiger partial charge < -0.3 is 15.4 Å². The summed E-state index contributed by atoms with van der Waals surface area (Å²) >= 11 is 1.45. The van der Waals surface area contributed by atoms with Crippen LogP contribution in [0.4, 0.5) is 24.8 Å². The Labute approximate surface area is 186 Å². The summed E-state index contributed by atoms with van der Waals surface area (Å²) in [4.78, 5) is 25.0. The number of hydrogen-bond acceptors (Lipinski definition) is 7. The first-order valence-corrected chi connectivity index (χ1v) is 10.5. The minimum Gasteiger partial charge on any atom is -0.375 e. The molecule has 0 aliphatic carbocycles. The molecule has 0 radical (unpaired) electrons. The van der Waals surface area contributed by atoms with Crippen molar-refractivity contribution in [1.82, 2.24) is 20.3 Å². The largest absolute Gasteiger partial charge is 0.394 e. The number of carbonyl (C=O) groups excluding carboxylic acids is 1. The number of ether oxygens (including phenoxy) is 1. The second-order valence-corrected chi connectivity index (χ2v) is 8.69. The van der Waals surface area contributed by atoms with Crippen molar-refractivity contribution in [3.8, 4) is 10.4 Å². The predicted octanol–water partition coefficient (Wildman–Crippen LogP) is 4.12. The zero-order valence-electron chi connectivity index (χ0n) is 17.3. The molecule has 3 heterocycles. The van der Waals surface area contributed by atoms with Crippen molar-refractivity contribution in [2.24, 2.45) is 0 Å². The molecule has 11 heteroatoms. The van der Waals surface area contributed by atoms with E-state index >= 15 is 0 Å². The van der Waals surface area contributed by atoms with Crippen molar-refractivity contribution in [3.63, 3.8) is 0 Å². The first-order chi connectivity index (χ1) is 15.1. The van der Waals surface area contributed by atoms with E-state index < -0.39 is 18.1 Å². The van der Waals surface area contributed by atoms with Crippen molar-refractivity contribution in [3.05, 3.63) is 52.9 Å². The van der Waals surface area contributed by atoms with Crippen molar-refractivity contribution < 1.29 is 22.7 Å². The van der Waals surface area contributed by atoms with Gasteiger partial charge in [-0.2, -0.15) is 13.2 Å². The molecule has 0 atom stereocenters. The van der Waals surface area contributed by atoms with Crippen LogP contribution in [0.15, 0.2) is 36.7 Å². The molecule has 0 saturated carbocycles. The van der Waals surface area contributed by atoms with Crippen LogP contribution in [-0.2, 0) is 21.5 Å². The summed E-state index contributed by atoms with van der Waals surface area (Å²) in [7, 11) is 0. The molecule has 7 nitrogen and oxygen atoms in total. The Hall–Kier alpha value is -3.05. The third kappa shape index (κ3) is 5.05. The summed E-state index contributed by atoms with van der Waals surface area (Å²) in [5.74, 6) is -0.0654. The van der Waals surface area contributed by atoms with Gasteiger partial charge in [-0.05, 0) is 36.2 Å². The Morgan fingerprint density at radius 2 is 2.03 bits per heavy atom. The highest BCUT2D eigenvalue weighted by molar-refractivity contribution is 7.15. The number of thiazole rings is 1. The van der Waals surface area contributed by atoms with Gasteiger partial charge >= 0.3 is 6.18 Å². The van der Waals surface area contributed by atoms with E-state index in [-0.39, 0.29) is 17.5 Å². The zero-order chi connectivity index (χ0) is 22.9. The Morgan fingerprint density at radius 3 is 2.69 bits per heavy atom. The quantitative estimate of drug-likeness (QED) is 0.572. The van der Waals surface area contributed by atoms with E-state index in [2.05, 4.69) is 25.6 Å². The van der Waals surface area contributed by atoms with Gasteiger partial charge in [-0.25, -0.2) is 15.0 Å². The molecule has 2 aromatic heterocycles. The van der Waals surface area contributed by atoms with E-state index in [0.29, 0.717) is 18.9 Å². The molecule has 1 aliphatic rings. The van der Waals surface area contributed by atoms with E-state index in [9.17, 15) is 18.0 Å². The molecular weight excluding hydrogens is 443 g/mol. The van der Waals surface area contributed by atoms with Crippen molar-refractivity contribution in [1.29, 1.82) is 0 Å². The molecule has 4 rings (SSSR count). The molecule has 3 aromatic rings. The SMILES string of the molecule is CC(=O)NC1(c2ncc(-c3cc(C)cc(Nc4nccc(CC(F)(F)F)n4)c3)s2)COC1. The third-order valence-electron chi connectivity index (χ3n) is 4.74. The summed E-state index contributed by atoms with van der Waals surface area (Å²) in [6, 6.07) is 6.93. The number of nitrogens with one attached hydrogen (secondary N) is 2. The Morgan fingerprint density at radius 1 is 1.25 bits per heavy atom. The fourth-order valence-corrected chi connectivity index (χ4v) is 4.43. The molecule has 0 unspecified atom stereocenters. The fraction of sp³-hybridized carbons (Fsp3) is 0.333. The topological polar surface area (TPSA) is 89.0 Å². The predicted molar refractivity (Wildman–Crippen MR) is 114 cm³/mol. The lowest BCUT2D eigenvalue weighted by Gasteiger charge is -2.39. The van der Waals surface area contributed by atoms with Crippen LogP contribution in [0.3, 0.4) is 0 Å². The number of aryl methyl sites for hydroxylation is 1. The Balaban J connectivity index is 1.57. The van der Waals surface area contributed by atoms with Crippen molar-refractivity contribution >= 4 is 28.9 Å². The molecule has 0 spiro atoms. The summed E-state index contributed by atoms with van der Waals surface area (Å²) in [6.07, 6.45) is -2.43. The smallest absolute Gasteiger partial charge is 0.375 e. The van der Waals surface area contributed by atoms with Crippen LogP contribution in [0, 0.1) is 6.92 Å². The van der Waals surface area contributed by atoms with E-state index in [1.165, 1.54) is 30.5 Å². The molecule has 1 aliphatic heterocycles. The monoisotopic (exact) mass is 463 g/mol. The van der Waals surface area contributed by atoms with Gasteiger partial charge in [-0.15, -0.1) is 11.3 Å². The summed E-state index contributed by atoms with van der Waals surface area (Å²) in [6.45, 7) is 4.10. The third-order valence-corrected chi connectivity index (χ3v) is 5.99. The molecule has 168 valence electrons. The maximum absolute atomic E-state index is 12.7. The lowest BCUT2D eigenvalue weighted by Crippen LogP contribution is -2.58. The molecule has 1 saturated heterocycles. The summed E-state index contributed by atoms with van der Waals surface area (Å²) in [5.41, 5.74) is 1.74. The maximum Gasteiger partial charge on any atom is 0.394 e. The van der Waals surface area contributed by atoms with Gasteiger partial charge in [0.15, 0.2) is 0 Å². The van der Waals surface area contributed by atoms with E-state index in [1.807, 2.05) is 25.1 Å². The summed E-state index contributed by atoms with van der Waals surface area (Å²) < 4.78 is 43.3. The molecule has 32 heavy (non-hydrogen) atoms. The van der Waals surface area contributed by atoms with E-state index in [4.69, 9.17) is 4.74 Å². The number of halogens is 3. The molecular formula is C21H20F3N5O2S. The average Bonchev–Trinajstić information content (AvgIpc) is 3.13. The van der Waals surface area contributed by atoms with E-state index in [0.717, 1.165) is 21.0 Å². The van der Waals surface area contributed by atoms with Crippen LogP contribution < -0.4 is 10.6 Å². The highest BCUT2D eigenvalue weighted by atomic mass is 32.1. The van der Waals surface area contributed by atoms with Gasteiger partial charge in [-0.1, -0.05) is 6.07 Å². The minimum absolute atomic E-state index is 0.0875. The molecule has 0 bridgehead atoms. The number of anilines is 2. The highest BCUT2D eigenvalue weighted by Crippen LogP contribution is 2.37. The van der Waals surface area contributed by atoms with Crippen LogP contribution in [0.25, 0.3) is 10.4 Å². The zero-order valence-corrected chi connectivity index (χ0v) is 18.1. The van der Waals surface area contributed by atoms with Crippen molar-refractivity contribution in [2.75, 3.05) is 18.5 Å². The fourth-order valence-electron chi connectivity index (χ4n) is 3.41. The van der Waals surface area contributed by atoms with E-state index in [1.54, 1.807) is 6.20 Å². The highest BCUT2D eigenvalue weighted by Gasteiger charge is 2.44. The molecule has 1 aromatic carbocycles. The number of aromatic nitrogens is 3. The van der Waals surface area contributed by atoms with Gasteiger partial charge in [0.25, 0.3) is 0 Å². The first kappa shape index (κ1) is 22.2. The standard InChI is InChI=1S/C21H20F3N5O2S/c1-12-5-14(17-9-26-18(32-17)20(10-31-11-20)29-13(2)30)7-16(6-12)28-19-25-4-3-15(27-19)8-21(22,23)24/h3-7,9H,8,10-11H2,1-2H3,(H,29,30)(H,25,27,28). The van der Waals surface area contributed by atoms with Crippen LogP contribution in [0.5, 0.6) is 0 Å². The second-order valence-electron chi connectivity index (χ2n) is 7.66. The molecule has 2 N–H and O–H groups in total. The number of hydrogen-bond donors (Lipinski definition) is 2. The van der Waals surface area contributed by atoms with Crippen LogP contribution in [0.1, 0.15) is 23.2 Å². The van der Waals surface area contributed by atoms with Gasteiger partial charge in [0, 0.05) is 25.0 Å². The Bertz CT molecular complexity index is 1140. The van der Waals surface area contributed by atoms with Gasteiger partial charge in [0.05, 0.1) is 30.2 Å². The number of rotatable bonds is 6. The maximum atomic E-state index is 12.7. The number of carbonyl (C=O) groups is 1. The second kappa shape index (κ2) is 8.47. The number of alkyl halides is 3. The lowest BCUT2D eigenvalue weighted by atomic mass is 9.98.